The van der Waals surface area contributed by atoms with Crippen LogP contribution in [0.2, 0.25) is 0 Å². The monoisotopic (exact) mass is 235 g/mol. The van der Waals surface area contributed by atoms with Crippen LogP contribution in [0.3, 0.4) is 0 Å². The molecule has 0 aliphatic heterocycles. The van der Waals surface area contributed by atoms with E-state index in [0.29, 0.717) is 13.2 Å². The van der Waals surface area contributed by atoms with Crippen LogP contribution in [0.4, 0.5) is 0 Å². The molecule has 1 N–H and O–H groups in total. The average molecular weight is 235 g/mol. The van der Waals surface area contributed by atoms with E-state index in [1.807, 2.05) is 24.3 Å². The lowest BCUT2D eigenvalue weighted by atomic mass is 10.2. The Hall–Kier alpha value is -1.32. The van der Waals surface area contributed by atoms with Crippen molar-refractivity contribution in [3.05, 3.63) is 42.0 Å². The number of nitrogens with one attached hydrogen (secondary N) is 1. The standard InChI is InChI=1S/C14H21NO2/c1-4-15-9-12(2)10-17-11-13-5-7-14(16-3)8-6-13/h5-8,15H,2,4,9-11H2,1,3H3. The van der Waals surface area contributed by atoms with Gasteiger partial charge >= 0.3 is 0 Å². The molecule has 3 heteroatoms. The number of rotatable bonds is 8. The molecule has 0 atom stereocenters. The van der Waals surface area contributed by atoms with E-state index in [1.165, 1.54) is 0 Å². The third kappa shape index (κ3) is 5.52. The number of hydrogen-bond acceptors (Lipinski definition) is 3. The molecule has 0 fully saturated rings. The Bertz CT molecular complexity index is 333. The molecule has 0 heterocycles. The van der Waals surface area contributed by atoms with Gasteiger partial charge in [-0.05, 0) is 29.8 Å². The van der Waals surface area contributed by atoms with Gasteiger partial charge in [0.1, 0.15) is 5.75 Å². The summed E-state index contributed by atoms with van der Waals surface area (Å²) in [7, 11) is 1.66. The van der Waals surface area contributed by atoms with Crippen molar-refractivity contribution >= 4 is 0 Å². The maximum absolute atomic E-state index is 5.57. The van der Waals surface area contributed by atoms with Crippen LogP contribution >= 0.6 is 0 Å². The number of hydrogen-bond donors (Lipinski definition) is 1. The van der Waals surface area contributed by atoms with Crippen LogP contribution in [0.25, 0.3) is 0 Å². The van der Waals surface area contributed by atoms with Crippen molar-refractivity contribution in [3.63, 3.8) is 0 Å². The minimum atomic E-state index is 0.596. The van der Waals surface area contributed by atoms with Crippen molar-refractivity contribution in [1.29, 1.82) is 0 Å². The second-order valence-corrected chi connectivity index (χ2v) is 3.87. The zero-order valence-electron chi connectivity index (χ0n) is 10.7. The highest BCUT2D eigenvalue weighted by atomic mass is 16.5. The maximum Gasteiger partial charge on any atom is 0.118 e. The second-order valence-electron chi connectivity index (χ2n) is 3.87. The van der Waals surface area contributed by atoms with E-state index < -0.39 is 0 Å². The van der Waals surface area contributed by atoms with Gasteiger partial charge in [-0.1, -0.05) is 25.6 Å². The Labute approximate surface area is 103 Å². The van der Waals surface area contributed by atoms with Gasteiger partial charge < -0.3 is 14.8 Å². The molecule has 0 aliphatic carbocycles. The van der Waals surface area contributed by atoms with Crippen LogP contribution in [0.1, 0.15) is 12.5 Å². The Morgan fingerprint density at radius 1 is 1.29 bits per heavy atom. The van der Waals surface area contributed by atoms with Crippen molar-refractivity contribution in [3.8, 4) is 5.75 Å². The molecule has 94 valence electrons. The lowest BCUT2D eigenvalue weighted by Crippen LogP contribution is -2.17. The molecule has 1 rings (SSSR count). The predicted molar refractivity (Wildman–Crippen MR) is 70.3 cm³/mol. The van der Waals surface area contributed by atoms with Crippen molar-refractivity contribution in [2.45, 2.75) is 13.5 Å². The van der Waals surface area contributed by atoms with Crippen molar-refractivity contribution in [2.24, 2.45) is 0 Å². The quantitative estimate of drug-likeness (QED) is 0.702. The number of likely N-dealkylation sites (N-methyl/N-ethyl adjacent to an activating group) is 1. The molecule has 0 aromatic heterocycles. The molecule has 17 heavy (non-hydrogen) atoms. The average Bonchev–Trinajstić information content (AvgIpc) is 2.37. The zero-order valence-corrected chi connectivity index (χ0v) is 10.7. The van der Waals surface area contributed by atoms with Gasteiger partial charge in [0.25, 0.3) is 0 Å². The SMILES string of the molecule is C=C(CNCC)COCc1ccc(OC)cc1. The van der Waals surface area contributed by atoms with Crippen LogP contribution in [0.5, 0.6) is 5.75 Å². The van der Waals surface area contributed by atoms with Crippen molar-refractivity contribution in [1.82, 2.24) is 5.32 Å². The number of benzene rings is 1. The smallest absolute Gasteiger partial charge is 0.118 e. The van der Waals surface area contributed by atoms with Crippen LogP contribution in [-0.2, 0) is 11.3 Å². The molecule has 0 bridgehead atoms. The molecule has 1 aromatic carbocycles. The summed E-state index contributed by atoms with van der Waals surface area (Å²) in [6.07, 6.45) is 0. The molecular formula is C14H21NO2. The van der Waals surface area contributed by atoms with Crippen molar-refractivity contribution in [2.75, 3.05) is 26.8 Å². The minimum absolute atomic E-state index is 0.596. The third-order valence-corrected chi connectivity index (χ3v) is 2.36. The molecule has 0 unspecified atom stereocenters. The predicted octanol–water partition coefficient (Wildman–Crippen LogP) is 2.38. The van der Waals surface area contributed by atoms with Crippen LogP contribution in [-0.4, -0.2) is 26.8 Å². The van der Waals surface area contributed by atoms with Gasteiger partial charge in [-0.3, -0.25) is 0 Å². The molecule has 3 nitrogen and oxygen atoms in total. The summed E-state index contributed by atoms with van der Waals surface area (Å²) in [5.41, 5.74) is 2.21. The van der Waals surface area contributed by atoms with Gasteiger partial charge in [-0.15, -0.1) is 0 Å². The lowest BCUT2D eigenvalue weighted by Gasteiger charge is -2.08. The molecule has 0 radical (unpaired) electrons. The molecule has 0 aliphatic rings. The molecule has 0 saturated carbocycles. The highest BCUT2D eigenvalue weighted by Crippen LogP contribution is 2.12. The Kier molecular flexibility index (Phi) is 6.37. The van der Waals surface area contributed by atoms with Crippen molar-refractivity contribution < 1.29 is 9.47 Å². The van der Waals surface area contributed by atoms with E-state index >= 15 is 0 Å². The molecule has 0 spiro atoms. The molecule has 0 amide bonds. The summed E-state index contributed by atoms with van der Waals surface area (Å²) in [4.78, 5) is 0. The largest absolute Gasteiger partial charge is 0.497 e. The molecule has 1 aromatic rings. The second kappa shape index (κ2) is 7.87. The number of ether oxygens (including phenoxy) is 2. The van der Waals surface area contributed by atoms with E-state index in [4.69, 9.17) is 9.47 Å². The maximum atomic E-state index is 5.57. The van der Waals surface area contributed by atoms with Gasteiger partial charge in [-0.25, -0.2) is 0 Å². The summed E-state index contributed by atoms with van der Waals surface area (Å²) in [5, 5.41) is 3.22. The Morgan fingerprint density at radius 2 is 2.00 bits per heavy atom. The van der Waals surface area contributed by atoms with Gasteiger partial charge in [0, 0.05) is 6.54 Å². The van der Waals surface area contributed by atoms with Gasteiger partial charge in [0.05, 0.1) is 20.3 Å². The summed E-state index contributed by atoms with van der Waals surface area (Å²) in [5.74, 6) is 0.866. The Morgan fingerprint density at radius 3 is 2.59 bits per heavy atom. The van der Waals surface area contributed by atoms with E-state index in [-0.39, 0.29) is 0 Å². The minimum Gasteiger partial charge on any atom is -0.497 e. The van der Waals surface area contributed by atoms with E-state index in [1.54, 1.807) is 7.11 Å². The van der Waals surface area contributed by atoms with E-state index in [9.17, 15) is 0 Å². The first-order valence-corrected chi connectivity index (χ1v) is 5.84. The first kappa shape index (κ1) is 13.7. The first-order valence-electron chi connectivity index (χ1n) is 5.84. The summed E-state index contributed by atoms with van der Waals surface area (Å²) in [6.45, 7) is 9.00. The summed E-state index contributed by atoms with van der Waals surface area (Å²) >= 11 is 0. The van der Waals surface area contributed by atoms with Crippen LogP contribution < -0.4 is 10.1 Å². The van der Waals surface area contributed by atoms with Gasteiger partial charge in [-0.2, -0.15) is 0 Å². The zero-order chi connectivity index (χ0) is 12.5. The highest BCUT2D eigenvalue weighted by molar-refractivity contribution is 5.26. The molecular weight excluding hydrogens is 214 g/mol. The first-order chi connectivity index (χ1) is 8.26. The third-order valence-electron chi connectivity index (χ3n) is 2.36. The van der Waals surface area contributed by atoms with Gasteiger partial charge in [0.2, 0.25) is 0 Å². The molecule has 0 saturated heterocycles. The Balaban J connectivity index is 2.23. The van der Waals surface area contributed by atoms with Crippen LogP contribution in [0, 0.1) is 0 Å². The van der Waals surface area contributed by atoms with E-state index in [2.05, 4.69) is 18.8 Å². The summed E-state index contributed by atoms with van der Waals surface area (Å²) in [6, 6.07) is 7.89. The van der Waals surface area contributed by atoms with Gasteiger partial charge in [0.15, 0.2) is 0 Å². The van der Waals surface area contributed by atoms with E-state index in [0.717, 1.165) is 30.0 Å². The fraction of sp³-hybridized carbons (Fsp3) is 0.429. The fourth-order valence-electron chi connectivity index (χ4n) is 1.39. The summed E-state index contributed by atoms with van der Waals surface area (Å²) < 4.78 is 10.7. The lowest BCUT2D eigenvalue weighted by molar-refractivity contribution is 0.141. The topological polar surface area (TPSA) is 30.5 Å². The fourth-order valence-corrected chi connectivity index (χ4v) is 1.39. The van der Waals surface area contributed by atoms with Crippen LogP contribution in [0.15, 0.2) is 36.4 Å². The normalized spacial score (nSPS) is 10.2. The number of methoxy groups -OCH3 is 1. The highest BCUT2D eigenvalue weighted by Gasteiger charge is 1.97.